The summed E-state index contributed by atoms with van der Waals surface area (Å²) in [6, 6.07) is 7.79. The molecular weight excluding hydrogens is 342 g/mol. The Morgan fingerprint density at radius 2 is 1.81 bits per heavy atom. The van der Waals surface area contributed by atoms with Gasteiger partial charge in [0, 0.05) is 39.3 Å². The van der Waals surface area contributed by atoms with Crippen molar-refractivity contribution >= 4 is 11.9 Å². The van der Waals surface area contributed by atoms with Gasteiger partial charge < -0.3 is 15.5 Å². The highest BCUT2D eigenvalue weighted by atomic mass is 16.2. The first-order valence-electron chi connectivity index (χ1n) is 9.33. The fourth-order valence-electron chi connectivity index (χ4n) is 3.09. The summed E-state index contributed by atoms with van der Waals surface area (Å²) in [4.78, 5) is 22.9. The third-order valence-corrected chi connectivity index (χ3v) is 4.75. The Hall–Kier alpha value is -2.90. The lowest BCUT2D eigenvalue weighted by atomic mass is 10.1. The highest BCUT2D eigenvalue weighted by molar-refractivity contribution is 5.94. The number of aliphatic imine (C=N–C) groups is 1. The standard InChI is InChI=1S/C19H27N7O/c1-20-19(22-13-17-23-14-24-25(17)2)21-12-15-6-8-16(9-7-15)18(27)26-10-4-3-5-11-26/h6-9,14H,3-5,10-13H2,1-2H3,(H2,20,21,22). The molecule has 144 valence electrons. The molecule has 0 spiro atoms. The van der Waals surface area contributed by atoms with Gasteiger partial charge in [0.15, 0.2) is 5.96 Å². The number of hydrogen-bond donors (Lipinski definition) is 2. The second-order valence-corrected chi connectivity index (χ2v) is 6.63. The van der Waals surface area contributed by atoms with E-state index in [1.54, 1.807) is 11.7 Å². The van der Waals surface area contributed by atoms with Crippen molar-refractivity contribution in [2.45, 2.75) is 32.4 Å². The van der Waals surface area contributed by atoms with E-state index in [0.29, 0.717) is 19.0 Å². The minimum atomic E-state index is 0.135. The first-order valence-corrected chi connectivity index (χ1v) is 9.33. The summed E-state index contributed by atoms with van der Waals surface area (Å²) in [6.07, 6.45) is 4.96. The van der Waals surface area contributed by atoms with Gasteiger partial charge in [0.25, 0.3) is 5.91 Å². The Balaban J connectivity index is 1.50. The van der Waals surface area contributed by atoms with E-state index in [-0.39, 0.29) is 5.91 Å². The SMILES string of the molecule is CN=C(NCc1ccc(C(=O)N2CCCCC2)cc1)NCc1ncnn1C. The van der Waals surface area contributed by atoms with E-state index in [1.807, 2.05) is 36.2 Å². The van der Waals surface area contributed by atoms with Gasteiger partial charge in [-0.25, -0.2) is 4.98 Å². The number of rotatable bonds is 5. The van der Waals surface area contributed by atoms with Crippen LogP contribution in [-0.4, -0.2) is 51.7 Å². The molecule has 2 aromatic rings. The Bertz CT molecular complexity index is 776. The number of hydrogen-bond acceptors (Lipinski definition) is 4. The maximum Gasteiger partial charge on any atom is 0.253 e. The van der Waals surface area contributed by atoms with Crippen molar-refractivity contribution in [3.05, 3.63) is 47.5 Å². The molecule has 3 rings (SSSR count). The van der Waals surface area contributed by atoms with Crippen molar-refractivity contribution in [3.63, 3.8) is 0 Å². The number of carbonyl (C=O) groups is 1. The monoisotopic (exact) mass is 369 g/mol. The smallest absolute Gasteiger partial charge is 0.253 e. The average molecular weight is 369 g/mol. The summed E-state index contributed by atoms with van der Waals surface area (Å²) < 4.78 is 1.72. The van der Waals surface area contributed by atoms with Gasteiger partial charge >= 0.3 is 0 Å². The summed E-state index contributed by atoms with van der Waals surface area (Å²) in [5, 5.41) is 10.5. The van der Waals surface area contributed by atoms with Crippen LogP contribution in [0.2, 0.25) is 0 Å². The van der Waals surface area contributed by atoms with Crippen LogP contribution in [0.25, 0.3) is 0 Å². The van der Waals surface area contributed by atoms with Gasteiger partial charge in [0.05, 0.1) is 6.54 Å². The molecule has 0 unspecified atom stereocenters. The lowest BCUT2D eigenvalue weighted by molar-refractivity contribution is 0.0724. The number of nitrogens with zero attached hydrogens (tertiary/aromatic N) is 5. The number of aromatic nitrogens is 3. The second kappa shape index (κ2) is 9.16. The summed E-state index contributed by atoms with van der Waals surface area (Å²) in [6.45, 7) is 2.90. The molecule has 0 radical (unpaired) electrons. The molecule has 8 nitrogen and oxygen atoms in total. The molecule has 1 aliphatic rings. The van der Waals surface area contributed by atoms with Crippen LogP contribution in [0.3, 0.4) is 0 Å². The van der Waals surface area contributed by atoms with Crippen molar-refractivity contribution in [3.8, 4) is 0 Å². The first-order chi connectivity index (χ1) is 13.2. The van der Waals surface area contributed by atoms with Gasteiger partial charge in [-0.3, -0.25) is 14.5 Å². The summed E-state index contributed by atoms with van der Waals surface area (Å²) in [5.74, 6) is 1.65. The third-order valence-electron chi connectivity index (χ3n) is 4.75. The predicted molar refractivity (Wildman–Crippen MR) is 104 cm³/mol. The Morgan fingerprint density at radius 1 is 1.11 bits per heavy atom. The Morgan fingerprint density at radius 3 is 2.44 bits per heavy atom. The fraction of sp³-hybridized carbons (Fsp3) is 0.474. The highest BCUT2D eigenvalue weighted by Crippen LogP contribution is 2.13. The van der Waals surface area contributed by atoms with Crippen LogP contribution in [0.5, 0.6) is 0 Å². The van der Waals surface area contributed by atoms with E-state index in [1.165, 1.54) is 12.7 Å². The number of nitrogens with one attached hydrogen (secondary N) is 2. The van der Waals surface area contributed by atoms with Gasteiger partial charge in [-0.1, -0.05) is 12.1 Å². The second-order valence-electron chi connectivity index (χ2n) is 6.63. The van der Waals surface area contributed by atoms with Crippen molar-refractivity contribution in [1.29, 1.82) is 0 Å². The van der Waals surface area contributed by atoms with Crippen LogP contribution in [0.15, 0.2) is 35.6 Å². The molecule has 0 aliphatic carbocycles. The van der Waals surface area contributed by atoms with Crippen LogP contribution in [0.4, 0.5) is 0 Å². The zero-order chi connectivity index (χ0) is 19.1. The van der Waals surface area contributed by atoms with Gasteiger partial charge in [0.1, 0.15) is 12.2 Å². The molecule has 1 amide bonds. The number of guanidine groups is 1. The average Bonchev–Trinajstić information content (AvgIpc) is 3.13. The van der Waals surface area contributed by atoms with Crippen LogP contribution < -0.4 is 10.6 Å². The van der Waals surface area contributed by atoms with Gasteiger partial charge in [0.2, 0.25) is 0 Å². The van der Waals surface area contributed by atoms with Gasteiger partial charge in [-0.15, -0.1) is 0 Å². The lowest BCUT2D eigenvalue weighted by Crippen LogP contribution is -2.37. The van der Waals surface area contributed by atoms with E-state index in [0.717, 1.165) is 42.9 Å². The third kappa shape index (κ3) is 5.06. The van der Waals surface area contributed by atoms with Crippen LogP contribution in [0, 0.1) is 0 Å². The topological polar surface area (TPSA) is 87.4 Å². The summed E-state index contributed by atoms with van der Waals surface area (Å²) in [5.41, 5.74) is 1.84. The van der Waals surface area contributed by atoms with Crippen LogP contribution in [0.1, 0.15) is 41.0 Å². The maximum absolute atomic E-state index is 12.5. The number of likely N-dealkylation sites (tertiary alicyclic amines) is 1. The van der Waals surface area contributed by atoms with Crippen molar-refractivity contribution in [2.24, 2.45) is 12.0 Å². The number of amides is 1. The van der Waals surface area contributed by atoms with Gasteiger partial charge in [-0.05, 0) is 37.0 Å². The zero-order valence-electron chi connectivity index (χ0n) is 16.0. The Labute approximate surface area is 159 Å². The van der Waals surface area contributed by atoms with Crippen molar-refractivity contribution in [1.82, 2.24) is 30.3 Å². The van der Waals surface area contributed by atoms with Gasteiger partial charge in [-0.2, -0.15) is 5.10 Å². The van der Waals surface area contributed by atoms with E-state index in [4.69, 9.17) is 0 Å². The molecule has 1 saturated heterocycles. The van der Waals surface area contributed by atoms with Crippen LogP contribution >= 0.6 is 0 Å². The fourth-order valence-corrected chi connectivity index (χ4v) is 3.09. The molecule has 2 N–H and O–H groups in total. The lowest BCUT2D eigenvalue weighted by Gasteiger charge is -2.26. The quantitative estimate of drug-likeness (QED) is 0.613. The van der Waals surface area contributed by atoms with Crippen molar-refractivity contribution in [2.75, 3.05) is 20.1 Å². The van der Waals surface area contributed by atoms with E-state index in [9.17, 15) is 4.79 Å². The molecule has 1 aromatic heterocycles. The van der Waals surface area contributed by atoms with E-state index in [2.05, 4.69) is 25.7 Å². The molecule has 8 heteroatoms. The number of aryl methyl sites for hydroxylation is 1. The largest absolute Gasteiger partial charge is 0.352 e. The number of piperidine rings is 1. The molecule has 0 saturated carbocycles. The normalized spacial score (nSPS) is 14.9. The maximum atomic E-state index is 12.5. The number of carbonyl (C=O) groups excluding carboxylic acids is 1. The van der Waals surface area contributed by atoms with E-state index < -0.39 is 0 Å². The molecule has 27 heavy (non-hydrogen) atoms. The minimum absolute atomic E-state index is 0.135. The zero-order valence-corrected chi connectivity index (χ0v) is 16.0. The molecular formula is C19H27N7O. The first kappa shape index (κ1) is 18.9. The molecule has 0 bridgehead atoms. The molecule has 0 atom stereocenters. The highest BCUT2D eigenvalue weighted by Gasteiger charge is 2.17. The summed E-state index contributed by atoms with van der Waals surface area (Å²) >= 11 is 0. The molecule has 1 aliphatic heterocycles. The minimum Gasteiger partial charge on any atom is -0.352 e. The molecule has 1 fully saturated rings. The van der Waals surface area contributed by atoms with E-state index >= 15 is 0 Å². The molecule has 2 heterocycles. The molecule has 1 aromatic carbocycles. The van der Waals surface area contributed by atoms with Crippen molar-refractivity contribution < 1.29 is 4.79 Å². The Kier molecular flexibility index (Phi) is 6.40. The van der Waals surface area contributed by atoms with Crippen LogP contribution in [-0.2, 0) is 20.1 Å². The predicted octanol–water partition coefficient (Wildman–Crippen LogP) is 1.31. The number of benzene rings is 1. The summed E-state index contributed by atoms with van der Waals surface area (Å²) in [7, 11) is 3.58.